The van der Waals surface area contributed by atoms with Crippen LogP contribution in [0.1, 0.15) is 0 Å². The van der Waals surface area contributed by atoms with E-state index in [-0.39, 0.29) is 0 Å². The van der Waals surface area contributed by atoms with Crippen LogP contribution in [0.15, 0.2) is 31.0 Å². The second-order valence-corrected chi connectivity index (χ2v) is 2.62. The average molecular weight is 170 g/mol. The lowest BCUT2D eigenvalue weighted by Gasteiger charge is -1.85. The lowest BCUT2D eigenvalue weighted by molar-refractivity contribution is 1.09. The predicted octanol–water partition coefficient (Wildman–Crippen LogP) is 1.25. The molecular formula is C4H2N4S2. The molecule has 2 aliphatic rings. The van der Waals surface area contributed by atoms with Crippen LogP contribution in [0.4, 0.5) is 0 Å². The SMILES string of the molecule is SC1=NC2=NN=NC2=C1S. The number of rotatable bonds is 0. The molecule has 0 atom stereocenters. The zero-order valence-corrected chi connectivity index (χ0v) is 6.47. The lowest BCUT2D eigenvalue weighted by atomic mass is 10.4. The third-order valence-corrected chi connectivity index (χ3v) is 2.07. The fourth-order valence-electron chi connectivity index (χ4n) is 0.689. The Bertz CT molecular complexity index is 311. The van der Waals surface area contributed by atoms with Gasteiger partial charge in [0.05, 0.1) is 4.91 Å². The van der Waals surface area contributed by atoms with Gasteiger partial charge in [-0.05, 0) is 5.22 Å². The molecule has 6 heteroatoms. The summed E-state index contributed by atoms with van der Waals surface area (Å²) < 4.78 is 0. The van der Waals surface area contributed by atoms with Gasteiger partial charge in [-0.2, -0.15) is 0 Å². The Hall–Kier alpha value is -0.620. The van der Waals surface area contributed by atoms with E-state index in [0.717, 1.165) is 0 Å². The van der Waals surface area contributed by atoms with Gasteiger partial charge in [0.25, 0.3) is 0 Å². The van der Waals surface area contributed by atoms with E-state index in [9.17, 15) is 0 Å². The monoisotopic (exact) mass is 170 g/mol. The Labute approximate surface area is 67.7 Å². The van der Waals surface area contributed by atoms with Crippen molar-refractivity contribution in [1.82, 2.24) is 0 Å². The number of amidine groups is 1. The Morgan fingerprint density at radius 1 is 1.20 bits per heavy atom. The standard InChI is InChI=1S/C4H2N4S2/c9-2-1-3(5-4(2)10)7-8-6-1/h(H2,5,6,7,8,9,10). The summed E-state index contributed by atoms with van der Waals surface area (Å²) in [6.45, 7) is 0. The second kappa shape index (κ2) is 1.93. The summed E-state index contributed by atoms with van der Waals surface area (Å²) in [6, 6.07) is 0. The van der Waals surface area contributed by atoms with Gasteiger partial charge in [-0.15, -0.1) is 35.5 Å². The Balaban J connectivity index is 2.61. The van der Waals surface area contributed by atoms with E-state index in [1.165, 1.54) is 0 Å². The minimum atomic E-state index is 0.509. The van der Waals surface area contributed by atoms with Crippen molar-refractivity contribution in [3.63, 3.8) is 0 Å². The first-order valence-electron chi connectivity index (χ1n) is 2.49. The first-order chi connectivity index (χ1) is 4.79. The fraction of sp³-hybridized carbons (Fsp3) is 0. The number of nitrogens with zero attached hydrogens (tertiary/aromatic N) is 4. The maximum atomic E-state index is 4.10. The number of thiol groups is 2. The molecule has 50 valence electrons. The highest BCUT2D eigenvalue weighted by Crippen LogP contribution is 2.26. The van der Waals surface area contributed by atoms with Gasteiger partial charge in [0, 0.05) is 0 Å². The molecule has 0 aromatic rings. The van der Waals surface area contributed by atoms with Crippen LogP contribution in [0.2, 0.25) is 0 Å². The second-order valence-electron chi connectivity index (χ2n) is 1.75. The molecule has 0 unspecified atom stereocenters. The van der Waals surface area contributed by atoms with Gasteiger partial charge in [-0.1, -0.05) is 0 Å². The summed E-state index contributed by atoms with van der Waals surface area (Å²) in [4.78, 5) is 4.57. The van der Waals surface area contributed by atoms with Crippen molar-refractivity contribution >= 4 is 36.1 Å². The molecular weight excluding hydrogens is 168 g/mol. The number of hydrogen-bond donors (Lipinski definition) is 2. The van der Waals surface area contributed by atoms with Crippen LogP contribution >= 0.6 is 25.3 Å². The molecule has 0 saturated heterocycles. The molecule has 0 saturated carbocycles. The van der Waals surface area contributed by atoms with Gasteiger partial charge in [0.2, 0.25) is 5.84 Å². The molecule has 0 N–H and O–H groups in total. The smallest absolute Gasteiger partial charge is 0.206 e. The first kappa shape index (κ1) is 6.11. The van der Waals surface area contributed by atoms with Crippen molar-refractivity contribution in [2.75, 3.05) is 0 Å². The van der Waals surface area contributed by atoms with Crippen molar-refractivity contribution in [1.29, 1.82) is 0 Å². The summed E-state index contributed by atoms with van der Waals surface area (Å²) >= 11 is 8.13. The Morgan fingerprint density at radius 2 is 2.00 bits per heavy atom. The highest BCUT2D eigenvalue weighted by Gasteiger charge is 2.23. The van der Waals surface area contributed by atoms with Crippen molar-refractivity contribution in [3.8, 4) is 0 Å². The molecule has 0 bridgehead atoms. The highest BCUT2D eigenvalue weighted by molar-refractivity contribution is 8.01. The van der Waals surface area contributed by atoms with Gasteiger partial charge >= 0.3 is 0 Å². The maximum Gasteiger partial charge on any atom is 0.206 e. The van der Waals surface area contributed by atoms with Gasteiger partial charge in [0.15, 0.2) is 5.70 Å². The van der Waals surface area contributed by atoms with E-state index < -0.39 is 0 Å². The quantitative estimate of drug-likeness (QED) is 0.514. The Morgan fingerprint density at radius 3 is 2.70 bits per heavy atom. The molecule has 0 amide bonds. The average Bonchev–Trinajstić information content (AvgIpc) is 2.41. The van der Waals surface area contributed by atoms with Crippen LogP contribution in [0, 0.1) is 0 Å². The molecule has 10 heavy (non-hydrogen) atoms. The molecule has 2 heterocycles. The number of fused-ring (bicyclic) bond motifs is 1. The third-order valence-electron chi connectivity index (χ3n) is 1.14. The van der Waals surface area contributed by atoms with E-state index in [4.69, 9.17) is 0 Å². The van der Waals surface area contributed by atoms with Crippen LogP contribution < -0.4 is 0 Å². The molecule has 0 aromatic carbocycles. The van der Waals surface area contributed by atoms with Crippen molar-refractivity contribution in [2.45, 2.75) is 0 Å². The van der Waals surface area contributed by atoms with Crippen LogP contribution in [-0.4, -0.2) is 10.9 Å². The molecule has 0 spiro atoms. The molecule has 4 nitrogen and oxygen atoms in total. The third kappa shape index (κ3) is 0.657. The van der Waals surface area contributed by atoms with Gasteiger partial charge in [-0.25, -0.2) is 4.99 Å². The van der Waals surface area contributed by atoms with Crippen LogP contribution in [0.5, 0.6) is 0 Å². The van der Waals surface area contributed by atoms with Crippen LogP contribution in [0.25, 0.3) is 0 Å². The fourth-order valence-corrected chi connectivity index (χ4v) is 1.08. The van der Waals surface area contributed by atoms with Crippen molar-refractivity contribution < 1.29 is 0 Å². The summed E-state index contributed by atoms with van der Waals surface area (Å²) in [5.41, 5.74) is 0.619. The molecule has 0 aliphatic carbocycles. The topological polar surface area (TPSA) is 49.4 Å². The largest absolute Gasteiger partial charge is 0.217 e. The zero-order valence-electron chi connectivity index (χ0n) is 4.68. The van der Waals surface area contributed by atoms with Crippen LogP contribution in [-0.2, 0) is 0 Å². The molecule has 2 rings (SSSR count). The lowest BCUT2D eigenvalue weighted by Crippen LogP contribution is -1.85. The van der Waals surface area contributed by atoms with Gasteiger partial charge in [0.1, 0.15) is 5.04 Å². The maximum absolute atomic E-state index is 4.10. The predicted molar refractivity (Wildman–Crippen MR) is 44.7 cm³/mol. The first-order valence-corrected chi connectivity index (χ1v) is 3.39. The Kier molecular flexibility index (Phi) is 1.18. The summed E-state index contributed by atoms with van der Waals surface area (Å²) in [6.07, 6.45) is 0. The van der Waals surface area contributed by atoms with Gasteiger partial charge < -0.3 is 0 Å². The summed E-state index contributed by atoms with van der Waals surface area (Å²) in [5, 5.41) is 11.3. The number of hydrogen-bond acceptors (Lipinski definition) is 5. The van der Waals surface area contributed by atoms with E-state index in [1.54, 1.807) is 0 Å². The van der Waals surface area contributed by atoms with Crippen LogP contribution in [0.3, 0.4) is 0 Å². The molecule has 2 aliphatic heterocycles. The van der Waals surface area contributed by atoms with Crippen molar-refractivity contribution in [2.24, 2.45) is 20.4 Å². The molecule has 0 fully saturated rings. The minimum Gasteiger partial charge on any atom is -0.217 e. The minimum absolute atomic E-state index is 0.509. The summed E-state index contributed by atoms with van der Waals surface area (Å²) in [7, 11) is 0. The van der Waals surface area contributed by atoms with E-state index in [2.05, 4.69) is 45.7 Å². The summed E-state index contributed by atoms with van der Waals surface area (Å²) in [5.74, 6) is 0.509. The van der Waals surface area contributed by atoms with Crippen molar-refractivity contribution in [3.05, 3.63) is 10.6 Å². The molecule has 0 aromatic heterocycles. The van der Waals surface area contributed by atoms with E-state index >= 15 is 0 Å². The van der Waals surface area contributed by atoms with Gasteiger partial charge in [-0.3, -0.25) is 0 Å². The normalized spacial score (nSPS) is 21.4. The number of aliphatic imine (C=N–C) groups is 1. The van der Waals surface area contributed by atoms with E-state index in [1.807, 2.05) is 0 Å². The van der Waals surface area contributed by atoms with E-state index in [0.29, 0.717) is 21.5 Å². The highest BCUT2D eigenvalue weighted by atomic mass is 32.1. The zero-order chi connectivity index (χ0) is 7.14. The molecule has 0 radical (unpaired) electrons.